The highest BCUT2D eigenvalue weighted by molar-refractivity contribution is 5.98. The van der Waals surface area contributed by atoms with Crippen LogP contribution in [0.2, 0.25) is 0 Å². The Labute approximate surface area is 196 Å². The van der Waals surface area contributed by atoms with E-state index in [0.717, 1.165) is 17.7 Å². The maximum Gasteiger partial charge on any atom is 0.416 e. The van der Waals surface area contributed by atoms with E-state index < -0.39 is 23.7 Å². The van der Waals surface area contributed by atoms with Crippen molar-refractivity contribution in [2.75, 3.05) is 55.4 Å². The molecule has 1 aliphatic rings. The van der Waals surface area contributed by atoms with Crippen LogP contribution < -0.4 is 15.5 Å². The summed E-state index contributed by atoms with van der Waals surface area (Å²) >= 11 is 0. The summed E-state index contributed by atoms with van der Waals surface area (Å²) in [7, 11) is 1.61. The Morgan fingerprint density at radius 2 is 1.74 bits per heavy atom. The highest BCUT2D eigenvalue weighted by Gasteiger charge is 2.32. The Hall–Kier alpha value is -3.11. The van der Waals surface area contributed by atoms with E-state index >= 15 is 0 Å². The number of halogens is 3. The van der Waals surface area contributed by atoms with Crippen LogP contribution in [0, 0.1) is 6.92 Å². The summed E-state index contributed by atoms with van der Waals surface area (Å²) in [5, 5.41) is 5.40. The number of carbonyl (C=O) groups excluding carboxylic acids is 2. The minimum Gasteiger partial charge on any atom is -0.378 e. The van der Waals surface area contributed by atoms with Gasteiger partial charge in [0.25, 0.3) is 0 Å². The smallest absolute Gasteiger partial charge is 0.378 e. The Balaban J connectivity index is 1.69. The molecule has 1 atom stereocenters. The number of nitrogens with zero attached hydrogens (tertiary/aromatic N) is 2. The summed E-state index contributed by atoms with van der Waals surface area (Å²) in [4.78, 5) is 28.7. The number of nitrogens with one attached hydrogen (secondary N) is 2. The van der Waals surface area contributed by atoms with E-state index in [2.05, 4.69) is 10.6 Å². The van der Waals surface area contributed by atoms with Crippen molar-refractivity contribution in [2.45, 2.75) is 26.1 Å². The van der Waals surface area contributed by atoms with Crippen LogP contribution in [0.25, 0.3) is 0 Å². The van der Waals surface area contributed by atoms with Gasteiger partial charge in [-0.15, -0.1) is 0 Å². The summed E-state index contributed by atoms with van der Waals surface area (Å²) in [6.45, 7) is 5.37. The van der Waals surface area contributed by atoms with Gasteiger partial charge in [0.05, 0.1) is 42.7 Å². The van der Waals surface area contributed by atoms with Gasteiger partial charge in [-0.05, 0) is 51.2 Å². The molecule has 34 heavy (non-hydrogen) atoms. The quantitative estimate of drug-likeness (QED) is 0.634. The van der Waals surface area contributed by atoms with Gasteiger partial charge in [0.1, 0.15) is 0 Å². The van der Waals surface area contributed by atoms with Crippen LogP contribution >= 0.6 is 0 Å². The molecule has 2 aromatic carbocycles. The molecule has 184 valence electrons. The monoisotopic (exact) mass is 478 g/mol. The number of benzene rings is 2. The third kappa shape index (κ3) is 6.71. The molecule has 1 saturated heterocycles. The van der Waals surface area contributed by atoms with Crippen molar-refractivity contribution in [3.63, 3.8) is 0 Å². The zero-order valence-corrected chi connectivity index (χ0v) is 19.4. The Kier molecular flexibility index (Phi) is 8.16. The van der Waals surface area contributed by atoms with Gasteiger partial charge in [0.15, 0.2) is 0 Å². The number of likely N-dealkylation sites (N-methyl/N-ethyl adjacent to an activating group) is 1. The van der Waals surface area contributed by atoms with Crippen LogP contribution in [0.1, 0.15) is 18.1 Å². The predicted molar refractivity (Wildman–Crippen MR) is 125 cm³/mol. The number of ether oxygens (including phenoxy) is 1. The van der Waals surface area contributed by atoms with E-state index in [0.29, 0.717) is 37.7 Å². The fraction of sp³-hybridized carbons (Fsp3) is 0.417. The van der Waals surface area contributed by atoms with Crippen LogP contribution in [-0.2, 0) is 20.5 Å². The maximum atomic E-state index is 13.3. The van der Waals surface area contributed by atoms with E-state index in [1.807, 2.05) is 24.0 Å². The van der Waals surface area contributed by atoms with Gasteiger partial charge >= 0.3 is 6.18 Å². The number of hydrogen-bond donors (Lipinski definition) is 2. The summed E-state index contributed by atoms with van der Waals surface area (Å²) in [5.74, 6) is -0.821. The lowest BCUT2D eigenvalue weighted by atomic mass is 10.1. The van der Waals surface area contributed by atoms with Crippen LogP contribution in [-0.4, -0.2) is 62.7 Å². The fourth-order valence-corrected chi connectivity index (χ4v) is 3.53. The lowest BCUT2D eigenvalue weighted by molar-refractivity contribution is -0.137. The number of alkyl halides is 3. The summed E-state index contributed by atoms with van der Waals surface area (Å²) in [6, 6.07) is 9.86. The molecule has 0 saturated carbocycles. The highest BCUT2D eigenvalue weighted by Crippen LogP contribution is 2.36. The molecule has 0 aliphatic carbocycles. The molecule has 1 unspecified atom stereocenters. The molecule has 3 rings (SSSR count). The molecule has 1 fully saturated rings. The first-order valence-electron chi connectivity index (χ1n) is 11.0. The van der Waals surface area contributed by atoms with Gasteiger partial charge in [-0.2, -0.15) is 13.2 Å². The minimum absolute atomic E-state index is 0.0681. The average molecular weight is 479 g/mol. The van der Waals surface area contributed by atoms with Crippen molar-refractivity contribution in [2.24, 2.45) is 0 Å². The van der Waals surface area contributed by atoms with Crippen molar-refractivity contribution in [1.29, 1.82) is 0 Å². The Bertz CT molecular complexity index is 1010. The van der Waals surface area contributed by atoms with Gasteiger partial charge in [-0.3, -0.25) is 14.5 Å². The maximum absolute atomic E-state index is 13.3. The zero-order valence-electron chi connectivity index (χ0n) is 19.4. The van der Waals surface area contributed by atoms with Crippen LogP contribution in [0.5, 0.6) is 0 Å². The van der Waals surface area contributed by atoms with Gasteiger partial charge in [-0.1, -0.05) is 17.7 Å². The number of hydrogen-bond acceptors (Lipinski definition) is 5. The SMILES string of the molecule is Cc1ccc(NC(=O)CN(C)C(C)C(=O)Nc2cc(C(F)(F)F)ccc2N2CCOCC2)cc1. The van der Waals surface area contributed by atoms with E-state index in [4.69, 9.17) is 4.74 Å². The van der Waals surface area contributed by atoms with Gasteiger partial charge in [0, 0.05) is 18.8 Å². The van der Waals surface area contributed by atoms with Crippen molar-refractivity contribution >= 4 is 28.9 Å². The normalized spacial score (nSPS) is 15.2. The largest absolute Gasteiger partial charge is 0.416 e. The van der Waals surface area contributed by atoms with Gasteiger partial charge in [-0.25, -0.2) is 0 Å². The molecule has 0 spiro atoms. The molecule has 7 nitrogen and oxygen atoms in total. The van der Waals surface area contributed by atoms with Gasteiger partial charge < -0.3 is 20.3 Å². The first-order valence-corrected chi connectivity index (χ1v) is 11.0. The van der Waals surface area contributed by atoms with E-state index in [-0.39, 0.29) is 18.1 Å². The molecule has 10 heteroatoms. The van der Waals surface area contributed by atoms with E-state index in [1.165, 1.54) is 11.0 Å². The number of aryl methyl sites for hydroxylation is 1. The first kappa shape index (κ1) is 25.5. The summed E-state index contributed by atoms with van der Waals surface area (Å²) in [5.41, 5.74) is 1.42. The third-order valence-electron chi connectivity index (χ3n) is 5.70. The lowest BCUT2D eigenvalue weighted by Crippen LogP contribution is -2.43. The second kappa shape index (κ2) is 10.9. The summed E-state index contributed by atoms with van der Waals surface area (Å²) < 4.78 is 45.3. The number of carbonyl (C=O) groups is 2. The van der Waals surface area contributed by atoms with Crippen molar-refractivity contribution in [3.05, 3.63) is 53.6 Å². The first-order chi connectivity index (χ1) is 16.0. The van der Waals surface area contributed by atoms with Crippen LogP contribution in [0.15, 0.2) is 42.5 Å². The predicted octanol–water partition coefficient (Wildman–Crippen LogP) is 3.75. The third-order valence-corrected chi connectivity index (χ3v) is 5.70. The van der Waals surface area contributed by atoms with E-state index in [1.54, 1.807) is 26.1 Å². The minimum atomic E-state index is -4.54. The van der Waals surface area contributed by atoms with Gasteiger partial charge in [0.2, 0.25) is 11.8 Å². The van der Waals surface area contributed by atoms with Crippen LogP contribution in [0.4, 0.5) is 30.2 Å². The molecule has 0 radical (unpaired) electrons. The molecule has 1 heterocycles. The molecule has 2 aromatic rings. The Morgan fingerprint density at radius 1 is 1.09 bits per heavy atom. The highest BCUT2D eigenvalue weighted by atomic mass is 19.4. The number of rotatable bonds is 7. The molecule has 0 aromatic heterocycles. The van der Waals surface area contributed by atoms with Crippen LogP contribution in [0.3, 0.4) is 0 Å². The zero-order chi connectivity index (χ0) is 24.9. The molecular formula is C24H29F3N4O3. The standard InChI is InChI=1S/C24H29F3N4O3/c1-16-4-7-19(8-5-16)28-22(32)15-30(3)17(2)23(33)29-20-14-18(24(25,26)27)6-9-21(20)31-10-12-34-13-11-31/h4-9,14,17H,10-13,15H2,1-3H3,(H,28,32)(H,29,33). The number of amides is 2. The molecule has 2 amide bonds. The second-order valence-corrected chi connectivity index (χ2v) is 8.32. The van der Waals surface area contributed by atoms with Crippen molar-refractivity contribution < 1.29 is 27.5 Å². The summed E-state index contributed by atoms with van der Waals surface area (Å²) in [6.07, 6.45) is -4.54. The van der Waals surface area contributed by atoms with Crippen molar-refractivity contribution in [1.82, 2.24) is 4.90 Å². The topological polar surface area (TPSA) is 73.9 Å². The van der Waals surface area contributed by atoms with Crippen molar-refractivity contribution in [3.8, 4) is 0 Å². The molecule has 0 bridgehead atoms. The number of anilines is 3. The average Bonchev–Trinajstić information content (AvgIpc) is 2.80. The number of morpholine rings is 1. The lowest BCUT2D eigenvalue weighted by Gasteiger charge is -2.31. The Morgan fingerprint density at radius 3 is 2.35 bits per heavy atom. The molecular weight excluding hydrogens is 449 g/mol. The molecule has 2 N–H and O–H groups in total. The fourth-order valence-electron chi connectivity index (χ4n) is 3.53. The molecule has 1 aliphatic heterocycles. The van der Waals surface area contributed by atoms with E-state index in [9.17, 15) is 22.8 Å². The second-order valence-electron chi connectivity index (χ2n) is 8.32.